The summed E-state index contributed by atoms with van der Waals surface area (Å²) < 4.78 is 0. The number of hydrogen-bond acceptors (Lipinski definition) is 5. The minimum absolute atomic E-state index is 0. The van der Waals surface area contributed by atoms with E-state index in [0.29, 0.717) is 12.6 Å². The number of halogens is 3. The number of likely N-dealkylation sites (N-methyl/N-ethyl adjacent to an activating group) is 1. The third-order valence-electron chi connectivity index (χ3n) is 5.99. The minimum atomic E-state index is -1.37. The van der Waals surface area contributed by atoms with Gasteiger partial charge in [-0.2, -0.15) is 0 Å². The summed E-state index contributed by atoms with van der Waals surface area (Å²) >= 11 is 12.2. The van der Waals surface area contributed by atoms with E-state index >= 15 is 0 Å². The molecule has 0 saturated carbocycles. The first-order valence-electron chi connectivity index (χ1n) is 10.9. The van der Waals surface area contributed by atoms with Crippen LogP contribution in [0.4, 0.5) is 5.69 Å². The van der Waals surface area contributed by atoms with Crippen molar-refractivity contribution in [3.63, 3.8) is 0 Å². The Kier molecular flexibility index (Phi) is 10.6. The molecule has 35 heavy (non-hydrogen) atoms. The van der Waals surface area contributed by atoms with E-state index in [2.05, 4.69) is 4.90 Å². The fourth-order valence-corrected chi connectivity index (χ4v) is 4.52. The largest absolute Gasteiger partial charge is 0.478 e. The van der Waals surface area contributed by atoms with Gasteiger partial charge in [0, 0.05) is 25.4 Å². The number of amides is 1. The molecule has 10 heteroatoms. The summed E-state index contributed by atoms with van der Waals surface area (Å²) in [4.78, 5) is 41.8. The van der Waals surface area contributed by atoms with E-state index in [9.17, 15) is 14.4 Å². The molecule has 3 N–H and O–H groups in total. The molecule has 2 aromatic rings. The number of nitrogen functional groups attached to an aromatic ring is 1. The number of nitrogens with zero attached hydrogens (tertiary/aromatic N) is 2. The SMILES string of the molecule is CN(C(=O)C(C(=O)/C=C/C(=O)O)c1cc(Cl)c(Cl)cc1N)[C@H](CN1CCCC1)c1ccccc1.Cl. The number of hydrogen-bond donors (Lipinski definition) is 2. The van der Waals surface area contributed by atoms with Crippen molar-refractivity contribution < 1.29 is 19.5 Å². The van der Waals surface area contributed by atoms with Gasteiger partial charge in [0.1, 0.15) is 5.92 Å². The Hall–Kier alpha value is -2.58. The molecule has 0 aliphatic carbocycles. The zero-order valence-corrected chi connectivity index (χ0v) is 21.5. The highest BCUT2D eigenvalue weighted by atomic mass is 35.5. The zero-order chi connectivity index (χ0) is 24.8. The molecule has 1 aliphatic rings. The Balaban J connectivity index is 0.00000432. The lowest BCUT2D eigenvalue weighted by Crippen LogP contribution is -2.42. The summed E-state index contributed by atoms with van der Waals surface area (Å²) in [6, 6.07) is 12.0. The number of carboxylic acids is 1. The number of allylic oxidation sites excluding steroid dienone is 1. The van der Waals surface area contributed by atoms with E-state index in [0.717, 1.165) is 37.6 Å². The van der Waals surface area contributed by atoms with Crippen molar-refractivity contribution in [3.8, 4) is 0 Å². The predicted molar refractivity (Wildman–Crippen MR) is 140 cm³/mol. The molecule has 1 amide bonds. The van der Waals surface area contributed by atoms with Crippen LogP contribution < -0.4 is 5.73 Å². The maximum absolute atomic E-state index is 13.8. The molecule has 2 atom stereocenters. The van der Waals surface area contributed by atoms with E-state index in [1.807, 2.05) is 30.3 Å². The van der Waals surface area contributed by atoms with Crippen molar-refractivity contribution in [1.29, 1.82) is 0 Å². The van der Waals surface area contributed by atoms with Crippen LogP contribution in [0.15, 0.2) is 54.6 Å². The van der Waals surface area contributed by atoms with Crippen molar-refractivity contribution in [2.45, 2.75) is 24.8 Å². The van der Waals surface area contributed by atoms with Crippen molar-refractivity contribution >= 4 is 59.0 Å². The number of aliphatic carboxylic acids is 1. The highest BCUT2D eigenvalue weighted by Crippen LogP contribution is 2.35. The molecule has 0 aromatic heterocycles. The molecular formula is C25H28Cl3N3O4. The Labute approximate surface area is 220 Å². The lowest BCUT2D eigenvalue weighted by atomic mass is 9.90. The van der Waals surface area contributed by atoms with Crippen LogP contribution in [0.5, 0.6) is 0 Å². The number of rotatable bonds is 9. The number of nitrogens with two attached hydrogens (primary N) is 1. The molecule has 3 rings (SSSR count). The Bertz CT molecular complexity index is 1090. The van der Waals surface area contributed by atoms with Gasteiger partial charge in [0.2, 0.25) is 5.91 Å². The second-order valence-electron chi connectivity index (χ2n) is 8.29. The molecule has 7 nitrogen and oxygen atoms in total. The van der Waals surface area contributed by atoms with E-state index in [-0.39, 0.29) is 39.7 Å². The molecule has 0 radical (unpaired) electrons. The van der Waals surface area contributed by atoms with Crippen LogP contribution in [0.2, 0.25) is 10.0 Å². The number of likely N-dealkylation sites (tertiary alicyclic amines) is 1. The van der Waals surface area contributed by atoms with Gasteiger partial charge in [-0.05, 0) is 55.3 Å². The lowest BCUT2D eigenvalue weighted by Gasteiger charge is -2.34. The third-order valence-corrected chi connectivity index (χ3v) is 6.71. The van der Waals surface area contributed by atoms with Crippen molar-refractivity contribution in [2.75, 3.05) is 32.4 Å². The number of carbonyl (C=O) groups excluding carboxylic acids is 2. The van der Waals surface area contributed by atoms with Gasteiger partial charge in [0.15, 0.2) is 5.78 Å². The quantitative estimate of drug-likeness (QED) is 0.274. The zero-order valence-electron chi connectivity index (χ0n) is 19.2. The average molecular weight is 541 g/mol. The van der Waals surface area contributed by atoms with E-state index in [4.69, 9.17) is 34.0 Å². The number of benzene rings is 2. The minimum Gasteiger partial charge on any atom is -0.478 e. The maximum Gasteiger partial charge on any atom is 0.328 e. The van der Waals surface area contributed by atoms with Crippen LogP contribution in [0, 0.1) is 0 Å². The van der Waals surface area contributed by atoms with E-state index < -0.39 is 23.6 Å². The molecule has 0 bridgehead atoms. The third kappa shape index (κ3) is 7.21. The highest BCUT2D eigenvalue weighted by molar-refractivity contribution is 6.42. The van der Waals surface area contributed by atoms with Crippen LogP contribution in [0.1, 0.15) is 35.9 Å². The first kappa shape index (κ1) is 28.7. The van der Waals surface area contributed by atoms with Crippen LogP contribution in [-0.2, 0) is 14.4 Å². The Morgan fingerprint density at radius 2 is 1.69 bits per heavy atom. The van der Waals surface area contributed by atoms with Gasteiger partial charge < -0.3 is 20.6 Å². The summed E-state index contributed by atoms with van der Waals surface area (Å²) in [5.74, 6) is -3.90. The van der Waals surface area contributed by atoms with Crippen LogP contribution in [-0.4, -0.2) is 59.2 Å². The van der Waals surface area contributed by atoms with Gasteiger partial charge in [-0.1, -0.05) is 53.5 Å². The number of ketones is 1. The van der Waals surface area contributed by atoms with Crippen molar-refractivity contribution in [1.82, 2.24) is 9.80 Å². The molecule has 1 fully saturated rings. The molecule has 1 unspecified atom stereocenters. The molecular weight excluding hydrogens is 513 g/mol. The first-order valence-corrected chi connectivity index (χ1v) is 11.7. The van der Waals surface area contributed by atoms with Crippen molar-refractivity contribution in [2.24, 2.45) is 0 Å². The van der Waals surface area contributed by atoms with Gasteiger partial charge in [-0.3, -0.25) is 9.59 Å². The summed E-state index contributed by atoms with van der Waals surface area (Å²) in [5, 5.41) is 9.31. The normalized spacial score (nSPS) is 15.4. The fraction of sp³-hybridized carbons (Fsp3) is 0.320. The van der Waals surface area contributed by atoms with Crippen LogP contribution in [0.3, 0.4) is 0 Å². The molecule has 0 spiro atoms. The summed E-state index contributed by atoms with van der Waals surface area (Å²) in [6.45, 7) is 2.48. The number of carboxylic acid groups (broad SMARTS) is 1. The lowest BCUT2D eigenvalue weighted by molar-refractivity contribution is -0.138. The van der Waals surface area contributed by atoms with E-state index in [1.54, 1.807) is 7.05 Å². The maximum atomic E-state index is 13.8. The average Bonchev–Trinajstić information content (AvgIpc) is 3.33. The molecule has 1 saturated heterocycles. The molecule has 188 valence electrons. The van der Waals surface area contributed by atoms with Crippen LogP contribution >= 0.6 is 35.6 Å². The van der Waals surface area contributed by atoms with Gasteiger partial charge in [0.25, 0.3) is 0 Å². The summed E-state index contributed by atoms with van der Waals surface area (Å²) in [7, 11) is 1.64. The molecule has 1 heterocycles. The predicted octanol–water partition coefficient (Wildman–Crippen LogP) is 4.59. The van der Waals surface area contributed by atoms with Gasteiger partial charge in [-0.25, -0.2) is 4.79 Å². The first-order chi connectivity index (χ1) is 16.2. The van der Waals surface area contributed by atoms with Crippen LogP contribution in [0.25, 0.3) is 0 Å². The Morgan fingerprint density at radius 1 is 1.09 bits per heavy atom. The fourth-order valence-electron chi connectivity index (χ4n) is 4.18. The number of anilines is 1. The van der Waals surface area contributed by atoms with E-state index in [1.165, 1.54) is 17.0 Å². The van der Waals surface area contributed by atoms with Gasteiger partial charge >= 0.3 is 5.97 Å². The topological polar surface area (TPSA) is 104 Å². The Morgan fingerprint density at radius 3 is 2.29 bits per heavy atom. The summed E-state index contributed by atoms with van der Waals surface area (Å²) in [5.41, 5.74) is 7.36. The second-order valence-corrected chi connectivity index (χ2v) is 9.10. The monoisotopic (exact) mass is 539 g/mol. The highest BCUT2D eigenvalue weighted by Gasteiger charge is 2.35. The second kappa shape index (κ2) is 12.9. The summed E-state index contributed by atoms with van der Waals surface area (Å²) in [6.07, 6.45) is 3.77. The van der Waals surface area contributed by atoms with Gasteiger partial charge in [0.05, 0.1) is 16.1 Å². The number of carbonyl (C=O) groups is 3. The molecule has 1 aliphatic heterocycles. The van der Waals surface area contributed by atoms with Gasteiger partial charge in [-0.15, -0.1) is 12.4 Å². The van der Waals surface area contributed by atoms with Crippen molar-refractivity contribution in [3.05, 3.63) is 75.8 Å². The molecule has 2 aromatic carbocycles. The standard InChI is InChI=1S/C25H27Cl2N3O4.ClH/c1-29(21(15-30-11-5-6-12-30)16-7-3-2-4-8-16)25(34)24(22(31)9-10-23(32)33)17-13-18(26)19(27)14-20(17)28;/h2-4,7-10,13-14,21,24H,5-6,11-12,15,28H2,1H3,(H,32,33);1H/b10-9+;/t21-,24?;/m1./s1. The smallest absolute Gasteiger partial charge is 0.328 e.